The topological polar surface area (TPSA) is 81.7 Å². The average Bonchev–Trinajstić information content (AvgIpc) is 2.92. The van der Waals surface area contributed by atoms with E-state index in [-0.39, 0.29) is 4.90 Å². The molecule has 0 radical (unpaired) electrons. The van der Waals surface area contributed by atoms with Gasteiger partial charge in [0.15, 0.2) is 11.5 Å². The summed E-state index contributed by atoms with van der Waals surface area (Å²) in [5.41, 5.74) is 0.736. The Kier molecular flexibility index (Phi) is 3.79. The van der Waals surface area contributed by atoms with Crippen LogP contribution < -0.4 is 14.2 Å². The molecule has 0 aliphatic carbocycles. The van der Waals surface area contributed by atoms with E-state index in [0.29, 0.717) is 29.6 Å². The second-order valence-corrected chi connectivity index (χ2v) is 7.27. The molecule has 0 unspecified atom stereocenters. The Labute approximate surface area is 131 Å². The number of carbonyl (C=O) groups is 1. The first-order valence-electron chi connectivity index (χ1n) is 6.48. The average molecular weight is 339 g/mol. The highest BCUT2D eigenvalue weighted by Gasteiger charge is 2.23. The Hall–Kier alpha value is -2.06. The van der Waals surface area contributed by atoms with Gasteiger partial charge in [-0.05, 0) is 36.1 Å². The molecule has 0 bridgehead atoms. The van der Waals surface area contributed by atoms with Gasteiger partial charge in [-0.15, -0.1) is 11.3 Å². The minimum Gasteiger partial charge on any atom is -0.486 e. The SMILES string of the molecule is Cc1ccsc1C(=O)NS(=O)(=O)c1ccc2c(c1)OCCO2. The number of amides is 1. The van der Waals surface area contributed by atoms with Crippen LogP contribution in [0.3, 0.4) is 0 Å². The van der Waals surface area contributed by atoms with E-state index in [0.717, 1.165) is 5.56 Å². The van der Waals surface area contributed by atoms with Crippen LogP contribution in [0.4, 0.5) is 0 Å². The van der Waals surface area contributed by atoms with Crippen LogP contribution >= 0.6 is 11.3 Å². The summed E-state index contributed by atoms with van der Waals surface area (Å²) in [6.45, 7) is 2.53. The van der Waals surface area contributed by atoms with Crippen molar-refractivity contribution in [3.63, 3.8) is 0 Å². The number of hydrogen-bond donors (Lipinski definition) is 1. The summed E-state index contributed by atoms with van der Waals surface area (Å²) < 4.78 is 37.4. The highest BCUT2D eigenvalue weighted by Crippen LogP contribution is 2.32. The van der Waals surface area contributed by atoms with Crippen molar-refractivity contribution < 1.29 is 22.7 Å². The third-order valence-electron chi connectivity index (χ3n) is 3.12. The van der Waals surface area contributed by atoms with Crippen LogP contribution in [0.15, 0.2) is 34.5 Å². The van der Waals surface area contributed by atoms with Crippen molar-refractivity contribution in [1.82, 2.24) is 4.72 Å². The molecule has 22 heavy (non-hydrogen) atoms. The lowest BCUT2D eigenvalue weighted by Gasteiger charge is -2.18. The number of hydrogen-bond acceptors (Lipinski definition) is 6. The third-order valence-corrected chi connectivity index (χ3v) is 5.46. The second kappa shape index (κ2) is 5.62. The van der Waals surface area contributed by atoms with Gasteiger partial charge >= 0.3 is 0 Å². The molecule has 1 aromatic carbocycles. The molecule has 1 amide bonds. The Morgan fingerprint density at radius 1 is 1.18 bits per heavy atom. The van der Waals surface area contributed by atoms with Crippen molar-refractivity contribution in [3.05, 3.63) is 40.1 Å². The van der Waals surface area contributed by atoms with Gasteiger partial charge in [-0.1, -0.05) is 0 Å². The van der Waals surface area contributed by atoms with E-state index >= 15 is 0 Å². The van der Waals surface area contributed by atoms with Crippen molar-refractivity contribution in [2.45, 2.75) is 11.8 Å². The van der Waals surface area contributed by atoms with Gasteiger partial charge in [-0.25, -0.2) is 13.1 Å². The number of ether oxygens (including phenoxy) is 2. The first kappa shape index (κ1) is 14.9. The molecule has 0 fully saturated rings. The smallest absolute Gasteiger partial charge is 0.275 e. The summed E-state index contributed by atoms with van der Waals surface area (Å²) in [6.07, 6.45) is 0. The van der Waals surface area contributed by atoms with E-state index in [1.807, 2.05) is 0 Å². The minimum atomic E-state index is -3.96. The lowest BCUT2D eigenvalue weighted by atomic mass is 10.3. The van der Waals surface area contributed by atoms with E-state index in [1.54, 1.807) is 18.4 Å². The predicted octanol–water partition coefficient (Wildman–Crippen LogP) is 1.95. The molecule has 0 saturated heterocycles. The fourth-order valence-electron chi connectivity index (χ4n) is 2.02. The van der Waals surface area contributed by atoms with Crippen molar-refractivity contribution in [1.29, 1.82) is 0 Å². The molecule has 3 rings (SSSR count). The number of thiophene rings is 1. The lowest BCUT2D eigenvalue weighted by molar-refractivity contribution is 0.0985. The van der Waals surface area contributed by atoms with Crippen LogP contribution in [0, 0.1) is 6.92 Å². The zero-order chi connectivity index (χ0) is 15.7. The highest BCUT2D eigenvalue weighted by atomic mass is 32.2. The van der Waals surface area contributed by atoms with Crippen molar-refractivity contribution in [2.75, 3.05) is 13.2 Å². The fraction of sp³-hybridized carbons (Fsp3) is 0.214. The molecule has 2 heterocycles. The van der Waals surface area contributed by atoms with Crippen LogP contribution in [-0.4, -0.2) is 27.5 Å². The fourth-order valence-corrected chi connectivity index (χ4v) is 3.88. The predicted molar refractivity (Wildman–Crippen MR) is 81.1 cm³/mol. The summed E-state index contributed by atoms with van der Waals surface area (Å²) in [6, 6.07) is 6.01. The second-order valence-electron chi connectivity index (χ2n) is 4.67. The molecule has 116 valence electrons. The zero-order valence-corrected chi connectivity index (χ0v) is 13.3. The summed E-state index contributed by atoms with van der Waals surface area (Å²) in [4.78, 5) is 12.4. The molecule has 2 aromatic rings. The molecule has 6 nitrogen and oxygen atoms in total. The summed E-state index contributed by atoms with van der Waals surface area (Å²) in [5, 5.41) is 1.74. The van der Waals surface area contributed by atoms with E-state index in [4.69, 9.17) is 9.47 Å². The molecule has 0 spiro atoms. The van der Waals surface area contributed by atoms with Gasteiger partial charge in [0, 0.05) is 6.07 Å². The molecule has 1 aliphatic rings. The first-order valence-corrected chi connectivity index (χ1v) is 8.84. The van der Waals surface area contributed by atoms with Gasteiger partial charge in [0.25, 0.3) is 15.9 Å². The van der Waals surface area contributed by atoms with E-state index in [2.05, 4.69) is 4.72 Å². The van der Waals surface area contributed by atoms with Crippen molar-refractivity contribution >= 4 is 27.3 Å². The van der Waals surface area contributed by atoms with Crippen LogP contribution in [0.2, 0.25) is 0 Å². The largest absolute Gasteiger partial charge is 0.486 e. The number of aryl methyl sites for hydroxylation is 1. The van der Waals surface area contributed by atoms with Crippen LogP contribution in [0.1, 0.15) is 15.2 Å². The summed E-state index contributed by atoms with van der Waals surface area (Å²) in [7, 11) is -3.96. The first-order chi connectivity index (χ1) is 10.5. The van der Waals surface area contributed by atoms with E-state index in [9.17, 15) is 13.2 Å². The molecular weight excluding hydrogens is 326 g/mol. The van der Waals surface area contributed by atoms with Crippen LogP contribution in [0.5, 0.6) is 11.5 Å². The Morgan fingerprint density at radius 3 is 2.59 bits per heavy atom. The maximum absolute atomic E-state index is 12.3. The van der Waals surface area contributed by atoms with Gasteiger partial charge in [0.2, 0.25) is 0 Å². The Balaban J connectivity index is 1.87. The standard InChI is InChI=1S/C14H13NO5S2/c1-9-4-7-21-13(9)14(16)15-22(17,18)10-2-3-11-12(8-10)20-6-5-19-11/h2-4,7-8H,5-6H2,1H3,(H,15,16). The highest BCUT2D eigenvalue weighted by molar-refractivity contribution is 7.90. The molecule has 1 aromatic heterocycles. The van der Waals surface area contributed by atoms with E-state index < -0.39 is 15.9 Å². The van der Waals surface area contributed by atoms with Crippen LogP contribution in [0.25, 0.3) is 0 Å². The van der Waals surface area contributed by atoms with Gasteiger partial charge in [0.1, 0.15) is 13.2 Å². The summed E-state index contributed by atoms with van der Waals surface area (Å²) in [5.74, 6) is 0.210. The van der Waals surface area contributed by atoms with Crippen molar-refractivity contribution in [2.24, 2.45) is 0 Å². The van der Waals surface area contributed by atoms with Gasteiger partial charge in [-0.3, -0.25) is 4.79 Å². The third kappa shape index (κ3) is 2.79. The number of rotatable bonds is 3. The number of sulfonamides is 1. The maximum Gasteiger partial charge on any atom is 0.275 e. The molecule has 0 atom stereocenters. The Morgan fingerprint density at radius 2 is 1.91 bits per heavy atom. The monoisotopic (exact) mass is 339 g/mol. The number of nitrogens with one attached hydrogen (secondary N) is 1. The number of fused-ring (bicyclic) bond motifs is 1. The molecule has 1 aliphatic heterocycles. The summed E-state index contributed by atoms with van der Waals surface area (Å²) >= 11 is 1.20. The number of carbonyl (C=O) groups excluding carboxylic acids is 1. The quantitative estimate of drug-likeness (QED) is 0.924. The van der Waals surface area contributed by atoms with Gasteiger partial charge < -0.3 is 9.47 Å². The molecular formula is C14H13NO5S2. The van der Waals surface area contributed by atoms with Crippen LogP contribution in [-0.2, 0) is 10.0 Å². The van der Waals surface area contributed by atoms with Gasteiger partial charge in [-0.2, -0.15) is 0 Å². The lowest BCUT2D eigenvalue weighted by Crippen LogP contribution is -2.30. The zero-order valence-electron chi connectivity index (χ0n) is 11.7. The van der Waals surface area contributed by atoms with E-state index in [1.165, 1.54) is 29.5 Å². The molecule has 8 heteroatoms. The maximum atomic E-state index is 12.3. The normalized spacial score (nSPS) is 13.7. The molecule has 1 N–H and O–H groups in total. The van der Waals surface area contributed by atoms with Gasteiger partial charge in [0.05, 0.1) is 9.77 Å². The Bertz CT molecular complexity index is 826. The van der Waals surface area contributed by atoms with Crippen molar-refractivity contribution in [3.8, 4) is 11.5 Å². The minimum absolute atomic E-state index is 0.0423. The molecule has 0 saturated carbocycles. The number of benzene rings is 1.